The Balaban J connectivity index is 3.05. The highest BCUT2D eigenvalue weighted by Gasteiger charge is 2.07. The van der Waals surface area contributed by atoms with E-state index < -0.39 is 5.82 Å². The minimum atomic E-state index is -0.590. The smallest absolute Gasteiger partial charge is 0.166 e. The average molecular weight is 210 g/mol. The largest absolute Gasteiger partial charge is 0.380 e. The van der Waals surface area contributed by atoms with Gasteiger partial charge in [-0.1, -0.05) is 23.2 Å². The van der Waals surface area contributed by atoms with Crippen molar-refractivity contribution < 1.29 is 9.13 Å². The predicted octanol–water partition coefficient (Wildman–Crippen LogP) is 2.67. The molecule has 0 amide bonds. The van der Waals surface area contributed by atoms with Crippen LogP contribution in [0.1, 0.15) is 5.56 Å². The van der Waals surface area contributed by atoms with Crippen molar-refractivity contribution in [3.8, 4) is 0 Å². The second kappa shape index (κ2) is 4.03. The van der Waals surface area contributed by atoms with E-state index in [1.807, 2.05) is 0 Å². The predicted molar refractivity (Wildman–Crippen MR) is 44.9 cm³/mol. The topological polar surface area (TPSA) is 22.1 Å². The van der Waals surface area contributed by atoms with Crippen LogP contribution in [-0.2, 0) is 11.3 Å². The third kappa shape index (κ3) is 2.06. The van der Waals surface area contributed by atoms with Crippen LogP contribution in [-0.4, -0.2) is 12.1 Å². The molecule has 0 saturated heterocycles. The second-order valence-corrected chi connectivity index (χ2v) is 2.86. The van der Waals surface area contributed by atoms with Gasteiger partial charge >= 0.3 is 0 Å². The van der Waals surface area contributed by atoms with E-state index in [1.165, 1.54) is 13.2 Å². The molecule has 0 saturated carbocycles. The first-order valence-electron chi connectivity index (χ1n) is 3.14. The molecule has 0 aliphatic rings. The van der Waals surface area contributed by atoms with Crippen molar-refractivity contribution in [2.24, 2.45) is 0 Å². The Hall–Kier alpha value is -0.380. The van der Waals surface area contributed by atoms with E-state index in [4.69, 9.17) is 27.9 Å². The zero-order chi connectivity index (χ0) is 9.14. The third-order valence-corrected chi connectivity index (χ3v) is 1.85. The molecule has 2 nitrogen and oxygen atoms in total. The normalized spacial score (nSPS) is 10.3. The number of pyridine rings is 1. The van der Waals surface area contributed by atoms with Crippen molar-refractivity contribution in [1.29, 1.82) is 0 Å². The van der Waals surface area contributed by atoms with E-state index in [2.05, 4.69) is 4.98 Å². The SMILES string of the molecule is COCc1cc(F)c(Cl)nc1Cl. The number of methoxy groups -OCH3 is 1. The molecule has 1 heterocycles. The van der Waals surface area contributed by atoms with Crippen LogP contribution in [0.25, 0.3) is 0 Å². The summed E-state index contributed by atoms with van der Waals surface area (Å²) in [7, 11) is 1.49. The Bertz CT molecular complexity index is 293. The van der Waals surface area contributed by atoms with Crippen LogP contribution in [0.5, 0.6) is 0 Å². The van der Waals surface area contributed by atoms with Crippen LogP contribution in [0.3, 0.4) is 0 Å². The van der Waals surface area contributed by atoms with Crippen LogP contribution >= 0.6 is 23.2 Å². The molecule has 66 valence electrons. The number of ether oxygens (including phenoxy) is 1. The molecule has 0 aromatic carbocycles. The van der Waals surface area contributed by atoms with E-state index in [-0.39, 0.29) is 16.9 Å². The highest BCUT2D eigenvalue weighted by molar-refractivity contribution is 6.32. The van der Waals surface area contributed by atoms with E-state index in [0.717, 1.165) is 0 Å². The summed E-state index contributed by atoms with van der Waals surface area (Å²) in [5.41, 5.74) is 0.487. The van der Waals surface area contributed by atoms with Gasteiger partial charge < -0.3 is 4.74 Å². The van der Waals surface area contributed by atoms with Gasteiger partial charge in [0.15, 0.2) is 11.0 Å². The zero-order valence-corrected chi connectivity index (χ0v) is 7.79. The van der Waals surface area contributed by atoms with Gasteiger partial charge in [0.1, 0.15) is 5.15 Å². The lowest BCUT2D eigenvalue weighted by Gasteiger charge is -2.02. The summed E-state index contributed by atoms with van der Waals surface area (Å²) in [5.74, 6) is -0.590. The number of nitrogens with zero attached hydrogens (tertiary/aromatic N) is 1. The van der Waals surface area contributed by atoms with Gasteiger partial charge in [0.2, 0.25) is 0 Å². The summed E-state index contributed by atoms with van der Waals surface area (Å²) in [6, 6.07) is 1.21. The number of rotatable bonds is 2. The van der Waals surface area contributed by atoms with Gasteiger partial charge in [-0.25, -0.2) is 9.37 Å². The number of hydrogen-bond acceptors (Lipinski definition) is 2. The molecule has 0 aliphatic heterocycles. The molecule has 1 aromatic heterocycles. The Kier molecular flexibility index (Phi) is 3.26. The first kappa shape index (κ1) is 9.71. The Morgan fingerprint density at radius 3 is 2.75 bits per heavy atom. The maximum absolute atomic E-state index is 12.8. The fraction of sp³-hybridized carbons (Fsp3) is 0.286. The molecule has 0 spiro atoms. The first-order chi connectivity index (χ1) is 5.65. The molecular formula is C7H6Cl2FNO. The van der Waals surface area contributed by atoms with Crippen molar-refractivity contribution in [1.82, 2.24) is 4.98 Å². The maximum atomic E-state index is 12.8. The van der Waals surface area contributed by atoms with E-state index >= 15 is 0 Å². The minimum absolute atomic E-state index is 0.170. The van der Waals surface area contributed by atoms with Gasteiger partial charge in [0, 0.05) is 12.7 Å². The number of halogens is 3. The quantitative estimate of drug-likeness (QED) is 0.700. The molecule has 5 heteroatoms. The molecule has 1 aromatic rings. The van der Waals surface area contributed by atoms with Crippen LogP contribution in [0.4, 0.5) is 4.39 Å². The van der Waals surface area contributed by atoms with Crippen LogP contribution in [0.15, 0.2) is 6.07 Å². The van der Waals surface area contributed by atoms with Crippen molar-refractivity contribution in [3.05, 3.63) is 27.8 Å². The Labute approximate surface area is 79.3 Å². The van der Waals surface area contributed by atoms with Crippen LogP contribution < -0.4 is 0 Å². The van der Waals surface area contributed by atoms with Gasteiger partial charge in [0.25, 0.3) is 0 Å². The van der Waals surface area contributed by atoms with Gasteiger partial charge in [-0.3, -0.25) is 0 Å². The van der Waals surface area contributed by atoms with Crippen molar-refractivity contribution >= 4 is 23.2 Å². The fourth-order valence-electron chi connectivity index (χ4n) is 0.740. The minimum Gasteiger partial charge on any atom is -0.380 e. The standard InChI is InChI=1S/C7H6Cl2FNO/c1-12-3-4-2-5(10)7(9)11-6(4)8/h2H,3H2,1H3. The summed E-state index contributed by atoms with van der Waals surface area (Å²) < 4.78 is 17.5. The monoisotopic (exact) mass is 209 g/mol. The molecule has 0 unspecified atom stereocenters. The first-order valence-corrected chi connectivity index (χ1v) is 3.90. The van der Waals surface area contributed by atoms with E-state index in [9.17, 15) is 4.39 Å². The average Bonchev–Trinajstić information content (AvgIpc) is 2.01. The third-order valence-electron chi connectivity index (χ3n) is 1.26. The van der Waals surface area contributed by atoms with Crippen molar-refractivity contribution in [2.45, 2.75) is 6.61 Å². The summed E-state index contributed by atoms with van der Waals surface area (Å²) >= 11 is 11.0. The lowest BCUT2D eigenvalue weighted by molar-refractivity contribution is 0.184. The number of aromatic nitrogens is 1. The molecule has 0 radical (unpaired) electrons. The van der Waals surface area contributed by atoms with Gasteiger partial charge in [0.05, 0.1) is 6.61 Å². The molecule has 12 heavy (non-hydrogen) atoms. The van der Waals surface area contributed by atoms with Crippen molar-refractivity contribution in [2.75, 3.05) is 7.11 Å². The summed E-state index contributed by atoms with van der Waals surface area (Å²) in [5, 5.41) is -0.0527. The maximum Gasteiger partial charge on any atom is 0.166 e. The van der Waals surface area contributed by atoms with Crippen LogP contribution in [0.2, 0.25) is 10.3 Å². The molecule has 1 rings (SSSR count). The second-order valence-electron chi connectivity index (χ2n) is 2.14. The molecular weight excluding hydrogens is 204 g/mol. The summed E-state index contributed by atoms with van der Waals surface area (Å²) in [6.45, 7) is 0.222. The summed E-state index contributed by atoms with van der Waals surface area (Å²) in [6.07, 6.45) is 0. The molecule has 0 bridgehead atoms. The van der Waals surface area contributed by atoms with Gasteiger partial charge in [-0.2, -0.15) is 0 Å². The summed E-state index contributed by atoms with van der Waals surface area (Å²) in [4.78, 5) is 3.57. The van der Waals surface area contributed by atoms with E-state index in [1.54, 1.807) is 0 Å². The zero-order valence-electron chi connectivity index (χ0n) is 6.27. The highest BCUT2D eigenvalue weighted by Crippen LogP contribution is 2.20. The van der Waals surface area contributed by atoms with E-state index in [0.29, 0.717) is 5.56 Å². The highest BCUT2D eigenvalue weighted by atomic mass is 35.5. The number of hydrogen-bond donors (Lipinski definition) is 0. The molecule has 0 fully saturated rings. The molecule has 0 N–H and O–H groups in total. The van der Waals surface area contributed by atoms with Crippen LogP contribution in [0, 0.1) is 5.82 Å². The lowest BCUT2D eigenvalue weighted by atomic mass is 10.3. The lowest BCUT2D eigenvalue weighted by Crippen LogP contribution is -1.94. The Morgan fingerprint density at radius 1 is 1.50 bits per heavy atom. The molecule has 0 aliphatic carbocycles. The van der Waals surface area contributed by atoms with Crippen molar-refractivity contribution in [3.63, 3.8) is 0 Å². The fourth-order valence-corrected chi connectivity index (χ4v) is 1.12. The van der Waals surface area contributed by atoms with Gasteiger partial charge in [-0.05, 0) is 6.07 Å². The van der Waals surface area contributed by atoms with Gasteiger partial charge in [-0.15, -0.1) is 0 Å². The Morgan fingerprint density at radius 2 is 2.17 bits per heavy atom. The molecule has 0 atom stereocenters.